The molecule has 17 heavy (non-hydrogen) atoms. The quantitative estimate of drug-likeness (QED) is 0.798. The highest BCUT2D eigenvalue weighted by molar-refractivity contribution is 5.88. The third-order valence-electron chi connectivity index (χ3n) is 2.70. The van der Waals surface area contributed by atoms with E-state index in [-0.39, 0.29) is 5.56 Å². The molecule has 94 valence electrons. The molecule has 0 bridgehead atoms. The van der Waals surface area contributed by atoms with Crippen molar-refractivity contribution in [2.45, 2.75) is 39.2 Å². The van der Waals surface area contributed by atoms with Gasteiger partial charge in [0, 0.05) is 11.7 Å². The van der Waals surface area contributed by atoms with E-state index < -0.39 is 11.8 Å². The Balaban J connectivity index is 2.79. The fraction of sp³-hybridized carbons (Fsp3) is 0.462. The van der Waals surface area contributed by atoms with Crippen molar-refractivity contribution in [2.75, 3.05) is 5.32 Å². The predicted octanol–water partition coefficient (Wildman–Crippen LogP) is 3.51. The average Bonchev–Trinajstić information content (AvgIpc) is 2.28. The highest BCUT2D eigenvalue weighted by Crippen LogP contribution is 2.17. The molecule has 0 saturated heterocycles. The summed E-state index contributed by atoms with van der Waals surface area (Å²) in [7, 11) is 0. The first kappa shape index (κ1) is 13.5. The fourth-order valence-electron chi connectivity index (χ4n) is 1.74. The summed E-state index contributed by atoms with van der Waals surface area (Å²) in [6, 6.07) is 4.43. The van der Waals surface area contributed by atoms with Crippen LogP contribution < -0.4 is 5.32 Å². The number of benzene rings is 1. The zero-order valence-electron chi connectivity index (χ0n) is 10.2. The smallest absolute Gasteiger partial charge is 0.338 e. The van der Waals surface area contributed by atoms with Gasteiger partial charge in [-0.15, -0.1) is 0 Å². The molecule has 0 fully saturated rings. The van der Waals surface area contributed by atoms with Crippen molar-refractivity contribution < 1.29 is 14.3 Å². The molecule has 1 rings (SSSR count). The number of hydrogen-bond acceptors (Lipinski definition) is 2. The molecule has 1 aromatic rings. The van der Waals surface area contributed by atoms with Gasteiger partial charge in [0.15, 0.2) is 0 Å². The largest absolute Gasteiger partial charge is 0.478 e. The molecule has 1 aromatic carbocycles. The number of nitrogens with one attached hydrogen (secondary N) is 1. The van der Waals surface area contributed by atoms with Crippen molar-refractivity contribution in [1.82, 2.24) is 0 Å². The molecular weight excluding hydrogens is 221 g/mol. The Morgan fingerprint density at radius 3 is 2.65 bits per heavy atom. The summed E-state index contributed by atoms with van der Waals surface area (Å²) in [5, 5.41) is 11.9. The van der Waals surface area contributed by atoms with Crippen molar-refractivity contribution in [1.29, 1.82) is 0 Å². The van der Waals surface area contributed by atoms with Gasteiger partial charge in [-0.05, 0) is 31.0 Å². The van der Waals surface area contributed by atoms with Gasteiger partial charge in [-0.2, -0.15) is 0 Å². The number of carboxylic acids is 1. The van der Waals surface area contributed by atoms with Crippen molar-refractivity contribution in [3.8, 4) is 0 Å². The van der Waals surface area contributed by atoms with E-state index in [1.165, 1.54) is 12.1 Å². The van der Waals surface area contributed by atoms with Gasteiger partial charge in [0.25, 0.3) is 0 Å². The van der Waals surface area contributed by atoms with E-state index in [9.17, 15) is 9.18 Å². The summed E-state index contributed by atoms with van der Waals surface area (Å²) in [5.41, 5.74) is 0.340. The van der Waals surface area contributed by atoms with Crippen LogP contribution in [-0.2, 0) is 0 Å². The molecule has 2 N–H and O–H groups in total. The minimum Gasteiger partial charge on any atom is -0.478 e. The second-order valence-corrected chi connectivity index (χ2v) is 4.04. The lowest BCUT2D eigenvalue weighted by Crippen LogP contribution is -2.18. The fourth-order valence-corrected chi connectivity index (χ4v) is 1.74. The van der Waals surface area contributed by atoms with Crippen LogP contribution in [0.3, 0.4) is 0 Å². The highest BCUT2D eigenvalue weighted by atomic mass is 19.1. The van der Waals surface area contributed by atoms with Crippen LogP contribution in [-0.4, -0.2) is 17.1 Å². The van der Waals surface area contributed by atoms with Gasteiger partial charge in [0.05, 0.1) is 5.56 Å². The number of aromatic carboxylic acids is 1. The highest BCUT2D eigenvalue weighted by Gasteiger charge is 2.11. The maximum atomic E-state index is 13.4. The Morgan fingerprint density at radius 1 is 1.47 bits per heavy atom. The van der Waals surface area contributed by atoms with E-state index in [2.05, 4.69) is 19.2 Å². The molecule has 0 radical (unpaired) electrons. The lowest BCUT2D eigenvalue weighted by atomic mass is 10.1. The van der Waals surface area contributed by atoms with Crippen LogP contribution in [0.1, 0.15) is 43.5 Å². The third-order valence-corrected chi connectivity index (χ3v) is 2.70. The Bertz CT molecular complexity index is 393. The molecule has 3 nitrogen and oxygen atoms in total. The van der Waals surface area contributed by atoms with Crippen LogP contribution in [0.2, 0.25) is 0 Å². The van der Waals surface area contributed by atoms with Gasteiger partial charge in [0.1, 0.15) is 5.82 Å². The van der Waals surface area contributed by atoms with Gasteiger partial charge in [-0.25, -0.2) is 9.18 Å². The Kier molecular flexibility index (Phi) is 4.94. The summed E-state index contributed by atoms with van der Waals surface area (Å²) in [6.45, 7) is 4.16. The molecular formula is C13H18FNO2. The standard InChI is InChI=1S/C13H18FNO2/c1-3-5-9(4-2)15-10-6-7-11(13(16)17)12(14)8-10/h6-9,15H,3-5H2,1-2H3,(H,16,17). The zero-order valence-corrected chi connectivity index (χ0v) is 10.2. The number of rotatable bonds is 6. The van der Waals surface area contributed by atoms with Gasteiger partial charge in [-0.1, -0.05) is 20.3 Å². The SMILES string of the molecule is CCCC(CC)Nc1ccc(C(=O)O)c(F)c1. The maximum absolute atomic E-state index is 13.4. The van der Waals surface area contributed by atoms with Gasteiger partial charge >= 0.3 is 5.97 Å². The first-order valence-corrected chi connectivity index (χ1v) is 5.87. The number of anilines is 1. The van der Waals surface area contributed by atoms with Crippen molar-refractivity contribution in [3.05, 3.63) is 29.6 Å². The molecule has 4 heteroatoms. The number of carbonyl (C=O) groups is 1. The normalized spacial score (nSPS) is 12.2. The van der Waals surface area contributed by atoms with Crippen molar-refractivity contribution in [3.63, 3.8) is 0 Å². The number of hydrogen-bond donors (Lipinski definition) is 2. The molecule has 0 aliphatic rings. The van der Waals surface area contributed by atoms with Gasteiger partial charge in [-0.3, -0.25) is 0 Å². The molecule has 0 aliphatic carbocycles. The van der Waals surface area contributed by atoms with E-state index in [0.29, 0.717) is 11.7 Å². The third kappa shape index (κ3) is 3.73. The Morgan fingerprint density at radius 2 is 2.18 bits per heavy atom. The van der Waals surface area contributed by atoms with E-state index in [0.717, 1.165) is 19.3 Å². The monoisotopic (exact) mass is 239 g/mol. The molecule has 0 amide bonds. The minimum atomic E-state index is -1.24. The summed E-state index contributed by atoms with van der Waals surface area (Å²) in [5.74, 6) is -1.94. The molecule has 1 unspecified atom stereocenters. The molecule has 1 atom stereocenters. The molecule has 0 aliphatic heterocycles. The number of carboxylic acid groups (broad SMARTS) is 1. The molecule has 0 aromatic heterocycles. The lowest BCUT2D eigenvalue weighted by Gasteiger charge is -2.17. The molecule has 0 saturated carbocycles. The van der Waals surface area contributed by atoms with E-state index in [1.807, 2.05) is 0 Å². The van der Waals surface area contributed by atoms with E-state index in [4.69, 9.17) is 5.11 Å². The van der Waals surface area contributed by atoms with Crippen LogP contribution in [0.15, 0.2) is 18.2 Å². The predicted molar refractivity (Wildman–Crippen MR) is 66.0 cm³/mol. The van der Waals surface area contributed by atoms with Crippen LogP contribution in [0.5, 0.6) is 0 Å². The van der Waals surface area contributed by atoms with Crippen LogP contribution >= 0.6 is 0 Å². The van der Waals surface area contributed by atoms with E-state index in [1.54, 1.807) is 6.07 Å². The molecule has 0 spiro atoms. The van der Waals surface area contributed by atoms with Gasteiger partial charge in [0.2, 0.25) is 0 Å². The number of halogens is 1. The topological polar surface area (TPSA) is 49.3 Å². The summed E-state index contributed by atoms with van der Waals surface area (Å²) in [6.07, 6.45) is 3.02. The zero-order chi connectivity index (χ0) is 12.8. The minimum absolute atomic E-state index is 0.293. The summed E-state index contributed by atoms with van der Waals surface area (Å²) < 4.78 is 13.4. The summed E-state index contributed by atoms with van der Waals surface area (Å²) >= 11 is 0. The van der Waals surface area contributed by atoms with Crippen molar-refractivity contribution >= 4 is 11.7 Å². The first-order valence-electron chi connectivity index (χ1n) is 5.87. The average molecular weight is 239 g/mol. The Labute approximate surface area is 101 Å². The van der Waals surface area contributed by atoms with Crippen LogP contribution in [0, 0.1) is 5.82 Å². The second kappa shape index (κ2) is 6.23. The first-order chi connectivity index (χ1) is 8.08. The van der Waals surface area contributed by atoms with Gasteiger partial charge < -0.3 is 10.4 Å². The molecule has 0 heterocycles. The van der Waals surface area contributed by atoms with E-state index >= 15 is 0 Å². The maximum Gasteiger partial charge on any atom is 0.338 e. The second-order valence-electron chi connectivity index (χ2n) is 4.04. The van der Waals surface area contributed by atoms with Crippen molar-refractivity contribution in [2.24, 2.45) is 0 Å². The lowest BCUT2D eigenvalue weighted by molar-refractivity contribution is 0.0692. The summed E-state index contributed by atoms with van der Waals surface area (Å²) in [4.78, 5) is 10.7. The van der Waals surface area contributed by atoms with Crippen LogP contribution in [0.25, 0.3) is 0 Å². The van der Waals surface area contributed by atoms with Crippen LogP contribution in [0.4, 0.5) is 10.1 Å². The Hall–Kier alpha value is -1.58.